The van der Waals surface area contributed by atoms with Crippen LogP contribution in [-0.2, 0) is 30.4 Å². The van der Waals surface area contributed by atoms with E-state index in [1.54, 1.807) is 4.90 Å². The minimum atomic E-state index is -1.17. The summed E-state index contributed by atoms with van der Waals surface area (Å²) < 4.78 is 11.9. The second-order valence-electron chi connectivity index (χ2n) is 13.4. The van der Waals surface area contributed by atoms with Crippen LogP contribution in [0.1, 0.15) is 78.2 Å². The third-order valence-electron chi connectivity index (χ3n) is 9.52. The molecule has 43 heavy (non-hydrogen) atoms. The van der Waals surface area contributed by atoms with E-state index in [0.717, 1.165) is 42.0 Å². The second kappa shape index (κ2) is 12.7. The van der Waals surface area contributed by atoms with Gasteiger partial charge < -0.3 is 19.7 Å². The van der Waals surface area contributed by atoms with Gasteiger partial charge in [0.05, 0.1) is 19.3 Å². The fourth-order valence-electron chi connectivity index (χ4n) is 7.00. The minimum absolute atomic E-state index is 0.00968. The smallest absolute Gasteiger partial charge is 0.320 e. The molecule has 0 bridgehead atoms. The van der Waals surface area contributed by atoms with E-state index >= 15 is 0 Å². The van der Waals surface area contributed by atoms with Gasteiger partial charge in [0.15, 0.2) is 0 Å². The summed E-state index contributed by atoms with van der Waals surface area (Å²) in [6, 6.07) is 14.1. The van der Waals surface area contributed by atoms with Crippen molar-refractivity contribution in [3.8, 4) is 0 Å². The van der Waals surface area contributed by atoms with Crippen molar-refractivity contribution in [2.24, 2.45) is 16.7 Å². The average Bonchev–Trinajstić information content (AvgIpc) is 3.00. The Morgan fingerprint density at radius 1 is 1.12 bits per heavy atom. The van der Waals surface area contributed by atoms with Gasteiger partial charge in [-0.15, -0.1) is 0 Å². The Balaban J connectivity index is 1.43. The maximum absolute atomic E-state index is 14.2. The zero-order chi connectivity index (χ0) is 30.8. The van der Waals surface area contributed by atoms with Crippen molar-refractivity contribution < 1.29 is 23.9 Å². The highest BCUT2D eigenvalue weighted by Crippen LogP contribution is 2.52. The van der Waals surface area contributed by atoms with Crippen molar-refractivity contribution in [2.75, 3.05) is 13.7 Å². The molecule has 0 aromatic heterocycles. The van der Waals surface area contributed by atoms with E-state index in [0.29, 0.717) is 18.8 Å². The first-order chi connectivity index (χ1) is 20.5. The second-order valence-corrected chi connectivity index (χ2v) is 13.4. The third-order valence-corrected chi connectivity index (χ3v) is 9.52. The number of allylic oxidation sites excluding steroid dienone is 1. The molecule has 1 aliphatic carbocycles. The molecule has 5 rings (SSSR count). The molecule has 7 nitrogen and oxygen atoms in total. The monoisotopic (exact) mass is 586 g/mol. The predicted octanol–water partition coefficient (Wildman–Crippen LogP) is 6.46. The van der Waals surface area contributed by atoms with Crippen molar-refractivity contribution in [1.29, 1.82) is 0 Å². The summed E-state index contributed by atoms with van der Waals surface area (Å²) in [4.78, 5) is 43.2. The van der Waals surface area contributed by atoms with E-state index in [9.17, 15) is 14.4 Å². The molecule has 2 aromatic carbocycles. The lowest BCUT2D eigenvalue weighted by Gasteiger charge is -2.53. The molecule has 3 aliphatic rings. The van der Waals surface area contributed by atoms with Crippen LogP contribution in [0, 0.1) is 16.7 Å². The molecule has 0 saturated carbocycles. The van der Waals surface area contributed by atoms with Gasteiger partial charge in [-0.25, -0.2) is 0 Å². The molecule has 1 saturated heterocycles. The summed E-state index contributed by atoms with van der Waals surface area (Å²) in [6.07, 6.45) is 8.82. The maximum Gasteiger partial charge on any atom is 0.320 e. The number of nitrogens with zero attached hydrogens (tertiary/aromatic N) is 1. The Hall–Kier alpha value is -3.45. The number of carbonyl (C=O) groups excluding carboxylic acids is 3. The summed E-state index contributed by atoms with van der Waals surface area (Å²) in [7, 11) is 1.39. The quantitative estimate of drug-likeness (QED) is 0.283. The van der Waals surface area contributed by atoms with Gasteiger partial charge in [0, 0.05) is 31.1 Å². The third kappa shape index (κ3) is 6.28. The van der Waals surface area contributed by atoms with Crippen molar-refractivity contribution in [2.45, 2.75) is 91.4 Å². The Morgan fingerprint density at radius 3 is 2.60 bits per heavy atom. The van der Waals surface area contributed by atoms with E-state index in [1.807, 2.05) is 55.5 Å². The number of methoxy groups -OCH3 is 1. The molecule has 4 atom stereocenters. The van der Waals surface area contributed by atoms with Crippen LogP contribution in [0.25, 0.3) is 10.8 Å². The molecule has 2 aliphatic heterocycles. The summed E-state index contributed by atoms with van der Waals surface area (Å²) in [5.74, 6) is -1.43. The zero-order valence-electron chi connectivity index (χ0n) is 26.3. The Labute approximate surface area is 255 Å². The van der Waals surface area contributed by atoms with E-state index in [2.05, 4.69) is 32.2 Å². The summed E-state index contributed by atoms with van der Waals surface area (Å²) in [5.41, 5.74) is 1.63. The number of hydrogen-bond acceptors (Lipinski definition) is 5. The highest BCUT2D eigenvalue weighted by Gasteiger charge is 2.60. The fraction of sp³-hybridized carbons (Fsp3) is 0.528. The normalized spacial score (nSPS) is 25.9. The maximum atomic E-state index is 14.2. The van der Waals surface area contributed by atoms with Crippen LogP contribution in [-0.4, -0.2) is 48.5 Å². The number of amides is 2. The molecule has 2 amide bonds. The number of ether oxygens (including phenoxy) is 2. The van der Waals surface area contributed by atoms with Crippen LogP contribution in [0.2, 0.25) is 0 Å². The zero-order valence-corrected chi connectivity index (χ0v) is 26.3. The van der Waals surface area contributed by atoms with Gasteiger partial charge in [-0.05, 0) is 73.3 Å². The van der Waals surface area contributed by atoms with Crippen molar-refractivity contribution in [3.63, 3.8) is 0 Å². The first-order valence-corrected chi connectivity index (χ1v) is 15.7. The summed E-state index contributed by atoms with van der Waals surface area (Å²) >= 11 is 0. The van der Waals surface area contributed by atoms with Crippen molar-refractivity contribution in [3.05, 3.63) is 71.5 Å². The Kier molecular flexibility index (Phi) is 9.12. The first-order valence-electron chi connectivity index (χ1n) is 15.7. The topological polar surface area (TPSA) is 84.9 Å². The lowest BCUT2D eigenvalue weighted by molar-refractivity contribution is -0.180. The number of rotatable bonds is 8. The molecule has 1 N–H and O–H groups in total. The first kappa shape index (κ1) is 31.0. The molecular formula is C36H46N2O5. The number of likely N-dealkylation sites (tertiary alicyclic amines) is 1. The highest BCUT2D eigenvalue weighted by molar-refractivity contribution is 5.93. The largest absolute Gasteiger partial charge is 0.468 e. The van der Waals surface area contributed by atoms with Crippen LogP contribution in [0.15, 0.2) is 65.9 Å². The predicted molar refractivity (Wildman–Crippen MR) is 168 cm³/mol. The Morgan fingerprint density at radius 2 is 1.88 bits per heavy atom. The van der Waals surface area contributed by atoms with Gasteiger partial charge in [0.25, 0.3) is 0 Å². The fourth-order valence-corrected chi connectivity index (χ4v) is 7.00. The van der Waals surface area contributed by atoms with Crippen LogP contribution >= 0.6 is 0 Å². The molecule has 7 heteroatoms. The highest BCUT2D eigenvalue weighted by atomic mass is 16.5. The van der Waals surface area contributed by atoms with Crippen molar-refractivity contribution >= 4 is 28.6 Å². The standard InChI is InChI=1S/C36H46N2O5/c1-24-36(34(41)42-5)22-28(20-32(39)37-23-27-16-11-15-26-14-9-10-17-29(26)27)33(40)38(19-18-25-12-7-6-8-13-25)30(36)21-31(43-24)35(2,3)4/h9-12,14-17,21,24,28,31H,6-8,13,18-20,22-23H2,1-5H3,(H,37,39)/t24-,28+,31-,36+/m1/s1. The molecule has 1 fully saturated rings. The molecule has 0 radical (unpaired) electrons. The van der Waals surface area contributed by atoms with E-state index in [4.69, 9.17) is 9.47 Å². The molecule has 0 spiro atoms. The number of piperidine rings is 1. The molecule has 230 valence electrons. The van der Waals surface area contributed by atoms with Gasteiger partial charge in [-0.2, -0.15) is 0 Å². The van der Waals surface area contributed by atoms with Gasteiger partial charge in [-0.3, -0.25) is 14.4 Å². The molecule has 0 unspecified atom stereocenters. The van der Waals surface area contributed by atoms with Crippen molar-refractivity contribution in [1.82, 2.24) is 10.2 Å². The van der Waals surface area contributed by atoms with Gasteiger partial charge >= 0.3 is 5.97 Å². The van der Waals surface area contributed by atoms with E-state index < -0.39 is 23.4 Å². The minimum Gasteiger partial charge on any atom is -0.468 e. The van der Waals surface area contributed by atoms with Crippen LogP contribution in [0.4, 0.5) is 0 Å². The van der Waals surface area contributed by atoms with Crippen LogP contribution in [0.3, 0.4) is 0 Å². The lowest BCUT2D eigenvalue weighted by Crippen LogP contribution is -2.61. The van der Waals surface area contributed by atoms with Gasteiger partial charge in [0.1, 0.15) is 5.41 Å². The number of hydrogen-bond donors (Lipinski definition) is 1. The van der Waals surface area contributed by atoms with Gasteiger partial charge in [0.2, 0.25) is 11.8 Å². The van der Waals surface area contributed by atoms with Crippen LogP contribution in [0.5, 0.6) is 0 Å². The van der Waals surface area contributed by atoms with Gasteiger partial charge in [-0.1, -0.05) is 74.9 Å². The number of esters is 1. The number of carbonyl (C=O) groups is 3. The number of benzene rings is 2. The summed E-state index contributed by atoms with van der Waals surface area (Å²) in [5, 5.41) is 5.24. The van der Waals surface area contributed by atoms with E-state index in [-0.39, 0.29) is 36.2 Å². The summed E-state index contributed by atoms with van der Waals surface area (Å²) in [6.45, 7) is 9.01. The molecule has 2 heterocycles. The number of nitrogens with one attached hydrogen (secondary N) is 1. The average molecular weight is 587 g/mol. The Bertz CT molecular complexity index is 1430. The number of fused-ring (bicyclic) bond motifs is 2. The SMILES string of the molecule is COC(=O)[C@]12C[C@H](CC(=O)NCc3cccc4ccccc34)C(=O)N(CCC3=CCCCC3)C1=C[C@H](C(C)(C)C)O[C@@H]2C. The van der Waals surface area contributed by atoms with Crippen LogP contribution < -0.4 is 5.32 Å². The molecular weight excluding hydrogens is 540 g/mol. The molecule has 2 aromatic rings. The van der Waals surface area contributed by atoms with E-state index in [1.165, 1.54) is 19.1 Å². The lowest BCUT2D eigenvalue weighted by atomic mass is 9.65.